The molecule has 2 heterocycles. The fourth-order valence-corrected chi connectivity index (χ4v) is 2.82. The number of benzene rings is 1. The van der Waals surface area contributed by atoms with Crippen LogP contribution in [0.2, 0.25) is 0 Å². The SMILES string of the molecule is Cc1cc(N)cnc1Nc1csc2ccccc12. The smallest absolute Gasteiger partial charge is 0.133 e. The summed E-state index contributed by atoms with van der Waals surface area (Å²) in [5.41, 5.74) is 8.53. The number of hydrogen-bond donors (Lipinski definition) is 2. The van der Waals surface area contributed by atoms with Gasteiger partial charge in [-0.3, -0.25) is 0 Å². The van der Waals surface area contributed by atoms with E-state index in [2.05, 4.69) is 33.9 Å². The number of rotatable bonds is 2. The number of aryl methyl sites for hydroxylation is 1. The Morgan fingerprint density at radius 1 is 1.28 bits per heavy atom. The van der Waals surface area contributed by atoms with E-state index in [1.165, 1.54) is 10.1 Å². The Bertz CT molecular complexity index is 703. The first-order valence-corrected chi connectivity index (χ1v) is 6.57. The highest BCUT2D eigenvalue weighted by Crippen LogP contribution is 2.32. The molecule has 3 rings (SSSR count). The molecule has 90 valence electrons. The molecule has 0 bridgehead atoms. The largest absolute Gasteiger partial charge is 0.397 e. The van der Waals surface area contributed by atoms with Gasteiger partial charge in [-0.05, 0) is 24.6 Å². The maximum Gasteiger partial charge on any atom is 0.133 e. The van der Waals surface area contributed by atoms with E-state index in [9.17, 15) is 0 Å². The predicted molar refractivity (Wildman–Crippen MR) is 78.5 cm³/mol. The normalized spacial score (nSPS) is 10.7. The van der Waals surface area contributed by atoms with Crippen molar-refractivity contribution < 1.29 is 0 Å². The number of fused-ring (bicyclic) bond motifs is 1. The summed E-state index contributed by atoms with van der Waals surface area (Å²) in [4.78, 5) is 4.33. The van der Waals surface area contributed by atoms with Crippen LogP contribution in [0.15, 0.2) is 41.9 Å². The topological polar surface area (TPSA) is 50.9 Å². The molecule has 0 aliphatic rings. The maximum atomic E-state index is 5.70. The van der Waals surface area contributed by atoms with Crippen LogP contribution in [0.25, 0.3) is 10.1 Å². The van der Waals surface area contributed by atoms with Crippen molar-refractivity contribution >= 4 is 38.6 Å². The Kier molecular flexibility index (Phi) is 2.64. The third kappa shape index (κ3) is 1.91. The minimum absolute atomic E-state index is 0.688. The molecule has 0 aliphatic heterocycles. The average molecular weight is 255 g/mol. The highest BCUT2D eigenvalue weighted by molar-refractivity contribution is 7.17. The molecule has 0 atom stereocenters. The zero-order valence-electron chi connectivity index (χ0n) is 9.97. The van der Waals surface area contributed by atoms with E-state index in [0.717, 1.165) is 17.1 Å². The molecule has 0 unspecified atom stereocenters. The van der Waals surface area contributed by atoms with Crippen LogP contribution in [0.4, 0.5) is 17.2 Å². The van der Waals surface area contributed by atoms with Crippen molar-refractivity contribution in [2.45, 2.75) is 6.92 Å². The van der Waals surface area contributed by atoms with Gasteiger partial charge in [0.25, 0.3) is 0 Å². The van der Waals surface area contributed by atoms with Gasteiger partial charge in [-0.1, -0.05) is 18.2 Å². The van der Waals surface area contributed by atoms with Gasteiger partial charge in [-0.25, -0.2) is 4.98 Å². The molecule has 0 radical (unpaired) electrons. The lowest BCUT2D eigenvalue weighted by molar-refractivity contribution is 1.26. The molecule has 3 nitrogen and oxygen atoms in total. The van der Waals surface area contributed by atoms with Gasteiger partial charge in [0, 0.05) is 15.5 Å². The van der Waals surface area contributed by atoms with E-state index in [1.807, 2.05) is 19.1 Å². The number of thiophene rings is 1. The molecule has 1 aromatic carbocycles. The predicted octanol–water partition coefficient (Wildman–Crippen LogP) is 3.93. The van der Waals surface area contributed by atoms with Crippen LogP contribution in [0, 0.1) is 6.92 Å². The number of nitrogen functional groups attached to an aromatic ring is 1. The van der Waals surface area contributed by atoms with Gasteiger partial charge in [0.15, 0.2) is 0 Å². The first kappa shape index (κ1) is 11.0. The second-order valence-electron chi connectivity index (χ2n) is 4.20. The summed E-state index contributed by atoms with van der Waals surface area (Å²) in [5, 5.41) is 6.70. The van der Waals surface area contributed by atoms with Crippen molar-refractivity contribution in [3.05, 3.63) is 47.5 Å². The van der Waals surface area contributed by atoms with Crippen LogP contribution in [0.1, 0.15) is 5.56 Å². The Labute approximate surface area is 109 Å². The fourth-order valence-electron chi connectivity index (χ4n) is 1.93. The van der Waals surface area contributed by atoms with Crippen molar-refractivity contribution in [2.75, 3.05) is 11.1 Å². The highest BCUT2D eigenvalue weighted by atomic mass is 32.1. The van der Waals surface area contributed by atoms with Gasteiger partial charge in [0.05, 0.1) is 17.6 Å². The molecular formula is C14H13N3S. The van der Waals surface area contributed by atoms with E-state index in [-0.39, 0.29) is 0 Å². The molecule has 18 heavy (non-hydrogen) atoms. The van der Waals surface area contributed by atoms with Gasteiger partial charge in [-0.2, -0.15) is 0 Å². The maximum absolute atomic E-state index is 5.70. The zero-order valence-corrected chi connectivity index (χ0v) is 10.8. The minimum Gasteiger partial charge on any atom is -0.397 e. The van der Waals surface area contributed by atoms with Gasteiger partial charge in [-0.15, -0.1) is 11.3 Å². The van der Waals surface area contributed by atoms with Crippen LogP contribution < -0.4 is 11.1 Å². The molecule has 0 fully saturated rings. The molecule has 3 N–H and O–H groups in total. The highest BCUT2D eigenvalue weighted by Gasteiger charge is 2.06. The Hall–Kier alpha value is -2.07. The van der Waals surface area contributed by atoms with Gasteiger partial charge in [0.2, 0.25) is 0 Å². The Morgan fingerprint density at radius 2 is 2.11 bits per heavy atom. The standard InChI is InChI=1S/C14H13N3S/c1-9-6-10(15)7-16-14(9)17-12-8-18-13-5-3-2-4-11(12)13/h2-8H,15H2,1H3,(H,16,17). The molecule has 0 aliphatic carbocycles. The summed E-state index contributed by atoms with van der Waals surface area (Å²) >= 11 is 1.73. The van der Waals surface area contributed by atoms with Crippen LogP contribution in [-0.4, -0.2) is 4.98 Å². The summed E-state index contributed by atoms with van der Waals surface area (Å²) in [6.07, 6.45) is 1.67. The molecule has 0 spiro atoms. The number of pyridine rings is 1. The van der Waals surface area contributed by atoms with Crippen LogP contribution in [0.3, 0.4) is 0 Å². The van der Waals surface area contributed by atoms with E-state index in [0.29, 0.717) is 5.69 Å². The first-order chi connectivity index (χ1) is 8.74. The fraction of sp³-hybridized carbons (Fsp3) is 0.0714. The summed E-state index contributed by atoms with van der Waals surface area (Å²) in [7, 11) is 0. The summed E-state index contributed by atoms with van der Waals surface area (Å²) < 4.78 is 1.27. The molecule has 0 amide bonds. The number of aromatic nitrogens is 1. The monoisotopic (exact) mass is 255 g/mol. The molecule has 3 aromatic rings. The summed E-state index contributed by atoms with van der Waals surface area (Å²) in [5.74, 6) is 0.854. The molecule has 0 saturated heterocycles. The minimum atomic E-state index is 0.688. The number of nitrogens with one attached hydrogen (secondary N) is 1. The lowest BCUT2D eigenvalue weighted by Gasteiger charge is -2.07. The van der Waals surface area contributed by atoms with Gasteiger partial charge >= 0.3 is 0 Å². The number of nitrogens with zero attached hydrogens (tertiary/aromatic N) is 1. The van der Waals surface area contributed by atoms with Gasteiger partial charge < -0.3 is 11.1 Å². The quantitative estimate of drug-likeness (QED) is 0.729. The van der Waals surface area contributed by atoms with Crippen molar-refractivity contribution in [2.24, 2.45) is 0 Å². The van der Waals surface area contributed by atoms with Crippen molar-refractivity contribution in [1.82, 2.24) is 4.98 Å². The van der Waals surface area contributed by atoms with Crippen molar-refractivity contribution in [3.63, 3.8) is 0 Å². The zero-order chi connectivity index (χ0) is 12.5. The third-order valence-corrected chi connectivity index (χ3v) is 3.80. The molecule has 4 heteroatoms. The average Bonchev–Trinajstić information content (AvgIpc) is 2.76. The van der Waals surface area contributed by atoms with E-state index in [1.54, 1.807) is 17.5 Å². The van der Waals surface area contributed by atoms with E-state index in [4.69, 9.17) is 5.73 Å². The van der Waals surface area contributed by atoms with Crippen molar-refractivity contribution in [1.29, 1.82) is 0 Å². The molecule has 0 saturated carbocycles. The summed E-state index contributed by atoms with van der Waals surface area (Å²) in [6, 6.07) is 10.2. The van der Waals surface area contributed by atoms with Crippen LogP contribution >= 0.6 is 11.3 Å². The molecular weight excluding hydrogens is 242 g/mol. The van der Waals surface area contributed by atoms with Crippen LogP contribution in [0.5, 0.6) is 0 Å². The van der Waals surface area contributed by atoms with Crippen molar-refractivity contribution in [3.8, 4) is 0 Å². The van der Waals surface area contributed by atoms with Crippen LogP contribution in [-0.2, 0) is 0 Å². The lowest BCUT2D eigenvalue weighted by Crippen LogP contribution is -1.97. The summed E-state index contributed by atoms with van der Waals surface area (Å²) in [6.45, 7) is 2.00. The number of nitrogens with two attached hydrogens (primary N) is 1. The Balaban J connectivity index is 2.01. The number of hydrogen-bond acceptors (Lipinski definition) is 4. The van der Waals surface area contributed by atoms with E-state index < -0.39 is 0 Å². The second-order valence-corrected chi connectivity index (χ2v) is 5.12. The second kappa shape index (κ2) is 4.31. The third-order valence-electron chi connectivity index (χ3n) is 2.83. The van der Waals surface area contributed by atoms with Gasteiger partial charge in [0.1, 0.15) is 5.82 Å². The first-order valence-electron chi connectivity index (χ1n) is 5.69. The lowest BCUT2D eigenvalue weighted by atomic mass is 10.2. The Morgan fingerprint density at radius 3 is 2.94 bits per heavy atom. The van der Waals surface area contributed by atoms with E-state index >= 15 is 0 Å². The molecule has 2 aromatic heterocycles. The number of anilines is 3.